The van der Waals surface area contributed by atoms with Crippen LogP contribution in [-0.4, -0.2) is 90.6 Å². The molecule has 39 heavy (non-hydrogen) atoms. The Hall–Kier alpha value is -4.23. The minimum absolute atomic E-state index is 0.0902. The van der Waals surface area contributed by atoms with Crippen LogP contribution in [0.15, 0.2) is 53.4 Å². The first-order chi connectivity index (χ1) is 18.8. The third kappa shape index (κ3) is 4.74. The zero-order chi connectivity index (χ0) is 27.1. The highest BCUT2D eigenvalue weighted by Crippen LogP contribution is 2.34. The Morgan fingerprint density at radius 1 is 1.13 bits per heavy atom. The molecule has 6 heterocycles. The van der Waals surface area contributed by atoms with Crippen LogP contribution < -0.4 is 5.32 Å². The van der Waals surface area contributed by atoms with Gasteiger partial charge in [0, 0.05) is 51.6 Å². The molecular weight excluding hydrogens is 505 g/mol. The second-order valence-electron chi connectivity index (χ2n) is 10.1. The Balaban J connectivity index is 1.19. The predicted molar refractivity (Wildman–Crippen MR) is 138 cm³/mol. The number of aliphatic hydroxyl groups is 1. The van der Waals surface area contributed by atoms with Gasteiger partial charge in [-0.2, -0.15) is 5.10 Å². The molecule has 0 bridgehead atoms. The Kier molecular flexibility index (Phi) is 6.31. The molecule has 4 aromatic heterocycles. The van der Waals surface area contributed by atoms with E-state index < -0.39 is 17.7 Å². The van der Waals surface area contributed by atoms with E-state index in [0.717, 1.165) is 6.54 Å². The number of aromatic nitrogens is 6. The lowest BCUT2D eigenvalue weighted by atomic mass is 9.98. The summed E-state index contributed by atoms with van der Waals surface area (Å²) in [6.07, 6.45) is 4.93. The van der Waals surface area contributed by atoms with Crippen LogP contribution in [0.3, 0.4) is 0 Å². The normalized spacial score (nSPS) is 23.9. The third-order valence-corrected chi connectivity index (χ3v) is 7.26. The highest BCUT2D eigenvalue weighted by Gasteiger charge is 2.48. The summed E-state index contributed by atoms with van der Waals surface area (Å²) >= 11 is 0. The molecule has 1 amide bonds. The van der Waals surface area contributed by atoms with Crippen LogP contribution in [0.2, 0.25) is 0 Å². The summed E-state index contributed by atoms with van der Waals surface area (Å²) in [5, 5.41) is 22.4. The lowest BCUT2D eigenvalue weighted by Crippen LogP contribution is -2.40. The van der Waals surface area contributed by atoms with Crippen LogP contribution in [0.1, 0.15) is 24.6 Å². The van der Waals surface area contributed by atoms with Crippen molar-refractivity contribution in [1.29, 1.82) is 0 Å². The van der Waals surface area contributed by atoms with E-state index >= 15 is 0 Å². The molecule has 12 nitrogen and oxygen atoms in total. The minimum atomic E-state index is -1.73. The summed E-state index contributed by atoms with van der Waals surface area (Å²) in [6, 6.07) is 8.34. The van der Waals surface area contributed by atoms with Crippen molar-refractivity contribution in [2.75, 3.05) is 39.0 Å². The first-order valence-corrected chi connectivity index (χ1v) is 12.7. The third-order valence-electron chi connectivity index (χ3n) is 7.26. The Bertz CT molecular complexity index is 1510. The van der Waals surface area contributed by atoms with E-state index in [-0.39, 0.29) is 18.2 Å². The molecule has 0 aliphatic carbocycles. The van der Waals surface area contributed by atoms with Crippen LogP contribution in [0.4, 0.5) is 16.0 Å². The van der Waals surface area contributed by atoms with Gasteiger partial charge in [-0.05, 0) is 31.7 Å². The number of amides is 1. The van der Waals surface area contributed by atoms with Crippen molar-refractivity contribution in [3.63, 3.8) is 0 Å². The summed E-state index contributed by atoms with van der Waals surface area (Å²) in [5.74, 6) is 0.0102. The molecule has 202 valence electrons. The Morgan fingerprint density at radius 3 is 2.69 bits per heavy atom. The number of carbonyl (C=O) groups is 1. The molecule has 0 aromatic carbocycles. The maximum absolute atomic E-state index is 14.6. The quantitative estimate of drug-likeness (QED) is 0.380. The molecule has 0 saturated carbocycles. The number of nitrogens with zero attached hydrogens (tertiary/aromatic N) is 8. The molecule has 13 heteroatoms. The molecule has 2 fully saturated rings. The second kappa shape index (κ2) is 9.82. The van der Waals surface area contributed by atoms with Gasteiger partial charge in [0.2, 0.25) is 11.5 Å². The van der Waals surface area contributed by atoms with E-state index in [1.165, 1.54) is 4.90 Å². The van der Waals surface area contributed by atoms with Gasteiger partial charge in [-0.3, -0.25) is 9.48 Å². The fourth-order valence-electron chi connectivity index (χ4n) is 5.01. The average Bonchev–Trinajstić information content (AvgIpc) is 3.67. The van der Waals surface area contributed by atoms with Crippen LogP contribution in [0.5, 0.6) is 0 Å². The van der Waals surface area contributed by atoms with Gasteiger partial charge < -0.3 is 24.7 Å². The average molecular weight is 534 g/mol. The van der Waals surface area contributed by atoms with Crippen molar-refractivity contribution in [3.8, 4) is 22.8 Å². The molecule has 2 aliphatic heterocycles. The van der Waals surface area contributed by atoms with Crippen molar-refractivity contribution >= 4 is 17.5 Å². The number of alkyl halides is 1. The van der Waals surface area contributed by atoms with Gasteiger partial charge in [0.15, 0.2) is 5.76 Å². The van der Waals surface area contributed by atoms with Crippen LogP contribution in [-0.2, 0) is 10.4 Å². The molecule has 0 radical (unpaired) electrons. The number of halogens is 1. The fourth-order valence-corrected chi connectivity index (χ4v) is 5.01. The number of carbonyl (C=O) groups excluding carboxylic acids is 1. The van der Waals surface area contributed by atoms with E-state index in [1.54, 1.807) is 54.6 Å². The second-order valence-corrected chi connectivity index (χ2v) is 10.1. The lowest BCUT2D eigenvalue weighted by molar-refractivity contribution is -0.144. The maximum atomic E-state index is 14.6. The first-order valence-electron chi connectivity index (χ1n) is 12.7. The molecule has 2 N–H and O–H groups in total. The molecule has 2 saturated heterocycles. The van der Waals surface area contributed by atoms with Gasteiger partial charge in [-0.1, -0.05) is 11.2 Å². The number of piperidine rings is 1. The van der Waals surface area contributed by atoms with Crippen LogP contribution >= 0.6 is 0 Å². The van der Waals surface area contributed by atoms with Gasteiger partial charge >= 0.3 is 0 Å². The van der Waals surface area contributed by atoms with E-state index in [4.69, 9.17) is 4.52 Å². The number of hydrogen-bond donors (Lipinski definition) is 2. The summed E-state index contributed by atoms with van der Waals surface area (Å²) in [6.45, 7) is 1.63. The Labute approximate surface area is 223 Å². The number of pyridine rings is 1. The number of rotatable bonds is 6. The highest BCUT2D eigenvalue weighted by molar-refractivity contribution is 5.87. The van der Waals surface area contributed by atoms with E-state index in [2.05, 4.69) is 30.5 Å². The number of nitrogens with one attached hydrogen (secondary N) is 1. The van der Waals surface area contributed by atoms with Gasteiger partial charge in [-0.15, -0.1) is 0 Å². The molecular formula is C26H28FN9O3. The lowest BCUT2D eigenvalue weighted by Gasteiger charge is -2.32. The molecule has 2 aliphatic rings. The predicted octanol–water partition coefficient (Wildman–Crippen LogP) is 2.40. The standard InChI is InChI=1S/C26H28FN9O3/c1-34-10-7-22(17(27)15-34)36-14-16(13-29-36)30-25-28-9-6-20(32-25)18-4-3-5-19(31-18)21-12-23(39-33-21)26(38)8-11-35(2)24(26)37/h3-6,9,12-14,17,22,38H,7-8,10-11,15H2,1-2H3,(H,28,30,32)/t17-,22-,26+/m0/s1. The van der Waals surface area contributed by atoms with E-state index in [0.29, 0.717) is 53.9 Å². The van der Waals surface area contributed by atoms with E-state index in [9.17, 15) is 14.3 Å². The molecule has 4 aromatic rings. The zero-order valence-electron chi connectivity index (χ0n) is 21.5. The maximum Gasteiger partial charge on any atom is 0.262 e. The van der Waals surface area contributed by atoms with Gasteiger partial charge in [0.05, 0.1) is 35.0 Å². The first kappa shape index (κ1) is 25.1. The van der Waals surface area contributed by atoms with Gasteiger partial charge in [0.25, 0.3) is 5.91 Å². The number of likely N-dealkylation sites (N-methyl/N-ethyl adjacent to an activating group) is 1. The van der Waals surface area contributed by atoms with Crippen molar-refractivity contribution in [2.45, 2.75) is 30.7 Å². The summed E-state index contributed by atoms with van der Waals surface area (Å²) in [7, 11) is 3.55. The summed E-state index contributed by atoms with van der Waals surface area (Å²) in [4.78, 5) is 29.4. The SMILES string of the molecule is CN1CC[C@H](n2cc(Nc3nccc(-c4cccc(-c5cc([C@]6(O)CCN(C)C6=O)on5)n4)n3)cn2)[C@@H](F)C1. The minimum Gasteiger partial charge on any atom is -0.373 e. The number of likely N-dealkylation sites (tertiary alicyclic amines) is 2. The van der Waals surface area contributed by atoms with Gasteiger partial charge in [-0.25, -0.2) is 19.3 Å². The largest absolute Gasteiger partial charge is 0.373 e. The van der Waals surface area contributed by atoms with Gasteiger partial charge in [0.1, 0.15) is 11.9 Å². The van der Waals surface area contributed by atoms with Crippen LogP contribution in [0.25, 0.3) is 22.8 Å². The highest BCUT2D eigenvalue weighted by atomic mass is 19.1. The molecule has 6 rings (SSSR count). The zero-order valence-corrected chi connectivity index (χ0v) is 21.5. The number of anilines is 2. The van der Waals surface area contributed by atoms with Crippen molar-refractivity contribution in [3.05, 3.63) is 54.7 Å². The number of hydrogen-bond acceptors (Lipinski definition) is 10. The molecule has 3 atom stereocenters. The fraction of sp³-hybridized carbons (Fsp3) is 0.385. The molecule has 0 spiro atoms. The van der Waals surface area contributed by atoms with Crippen molar-refractivity contribution in [1.82, 2.24) is 39.7 Å². The monoisotopic (exact) mass is 533 g/mol. The Morgan fingerprint density at radius 2 is 1.92 bits per heavy atom. The van der Waals surface area contributed by atoms with Crippen LogP contribution in [0, 0.1) is 0 Å². The topological polar surface area (TPSA) is 138 Å². The molecule has 0 unspecified atom stereocenters. The smallest absolute Gasteiger partial charge is 0.262 e. The van der Waals surface area contributed by atoms with Crippen molar-refractivity contribution < 1.29 is 18.8 Å². The van der Waals surface area contributed by atoms with Crippen molar-refractivity contribution in [2.24, 2.45) is 0 Å². The van der Waals surface area contributed by atoms with E-state index in [1.807, 2.05) is 18.0 Å². The summed E-state index contributed by atoms with van der Waals surface area (Å²) in [5.41, 5.74) is 0.953. The summed E-state index contributed by atoms with van der Waals surface area (Å²) < 4.78 is 21.6.